The van der Waals surface area contributed by atoms with Crippen LogP contribution in [-0.2, 0) is 0 Å². The first-order chi connectivity index (χ1) is 9.81. The fraction of sp³-hybridized carbons (Fsp3) is 0.0625. The molecule has 4 aromatic rings. The minimum Gasteiger partial charge on any atom is -0.294 e. The van der Waals surface area contributed by atoms with Gasteiger partial charge < -0.3 is 0 Å². The molecule has 94 valence electrons. The molecule has 0 amide bonds. The second-order valence-corrected chi connectivity index (χ2v) is 4.72. The third kappa shape index (κ3) is 1.24. The quantitative estimate of drug-likeness (QED) is 0.455. The number of aromatic nitrogens is 3. The first-order valence-corrected chi connectivity index (χ1v) is 6.36. The van der Waals surface area contributed by atoms with Crippen LogP contribution >= 0.6 is 0 Å². The van der Waals surface area contributed by atoms with Crippen LogP contribution in [0.4, 0.5) is 0 Å². The summed E-state index contributed by atoms with van der Waals surface area (Å²) in [6.45, 7) is 1.92. The van der Waals surface area contributed by atoms with Crippen molar-refractivity contribution in [3.8, 4) is 6.07 Å². The summed E-state index contributed by atoms with van der Waals surface area (Å²) in [6.07, 6.45) is 1.78. The Balaban J connectivity index is 2.48. The minimum absolute atomic E-state index is 0.450. The lowest BCUT2D eigenvalue weighted by atomic mass is 10.1. The minimum atomic E-state index is 0.450. The highest BCUT2D eigenvalue weighted by Gasteiger charge is 2.15. The van der Waals surface area contributed by atoms with Gasteiger partial charge in [-0.05, 0) is 25.1 Å². The lowest BCUT2D eigenvalue weighted by Gasteiger charge is -2.08. The summed E-state index contributed by atoms with van der Waals surface area (Å²) in [5.41, 5.74) is 3.23. The highest BCUT2D eigenvalue weighted by atomic mass is 15.0. The first-order valence-electron chi connectivity index (χ1n) is 6.36. The number of aryl methyl sites for hydroxylation is 1. The van der Waals surface area contributed by atoms with Gasteiger partial charge in [0.1, 0.15) is 11.9 Å². The zero-order chi connectivity index (χ0) is 13.7. The summed E-state index contributed by atoms with van der Waals surface area (Å²) in [5, 5.41) is 11.4. The van der Waals surface area contributed by atoms with Crippen LogP contribution in [0.5, 0.6) is 0 Å². The molecule has 4 heteroatoms. The van der Waals surface area contributed by atoms with E-state index in [4.69, 9.17) is 0 Å². The van der Waals surface area contributed by atoms with Crippen LogP contribution in [0.15, 0.2) is 42.6 Å². The zero-order valence-electron chi connectivity index (χ0n) is 10.8. The molecule has 0 aliphatic rings. The molecule has 0 N–H and O–H groups in total. The number of fused-ring (bicyclic) bond motifs is 6. The number of benzene rings is 1. The summed E-state index contributed by atoms with van der Waals surface area (Å²) in [4.78, 5) is 8.88. The number of imidazole rings is 1. The van der Waals surface area contributed by atoms with E-state index in [1.807, 2.05) is 41.7 Å². The molecule has 20 heavy (non-hydrogen) atoms. The predicted molar refractivity (Wildman–Crippen MR) is 77.5 cm³/mol. The van der Waals surface area contributed by atoms with E-state index in [0.29, 0.717) is 5.69 Å². The summed E-state index contributed by atoms with van der Waals surface area (Å²) in [5.74, 6) is 0.818. The van der Waals surface area contributed by atoms with Gasteiger partial charge in [-0.3, -0.25) is 9.38 Å². The van der Waals surface area contributed by atoms with E-state index in [1.165, 1.54) is 0 Å². The number of nitrogens with zero attached hydrogens (tertiary/aromatic N) is 4. The van der Waals surface area contributed by atoms with Crippen LogP contribution < -0.4 is 0 Å². The number of rotatable bonds is 0. The fourth-order valence-electron chi connectivity index (χ4n) is 2.83. The third-order valence-corrected chi connectivity index (χ3v) is 3.61. The van der Waals surface area contributed by atoms with E-state index in [-0.39, 0.29) is 0 Å². The second kappa shape index (κ2) is 3.78. The van der Waals surface area contributed by atoms with Crippen molar-refractivity contribution >= 4 is 27.3 Å². The number of pyridine rings is 2. The van der Waals surface area contributed by atoms with Crippen LogP contribution in [0, 0.1) is 18.3 Å². The van der Waals surface area contributed by atoms with Gasteiger partial charge in [-0.1, -0.05) is 18.2 Å². The lowest BCUT2D eigenvalue weighted by molar-refractivity contribution is 1.08. The van der Waals surface area contributed by atoms with E-state index in [2.05, 4.69) is 22.1 Å². The predicted octanol–water partition coefficient (Wildman–Crippen LogP) is 3.22. The van der Waals surface area contributed by atoms with E-state index in [1.54, 1.807) is 6.20 Å². The Morgan fingerprint density at radius 3 is 2.75 bits per heavy atom. The molecule has 0 bridgehead atoms. The highest BCUT2D eigenvalue weighted by Crippen LogP contribution is 2.30. The van der Waals surface area contributed by atoms with Gasteiger partial charge in [0.15, 0.2) is 5.69 Å². The summed E-state index contributed by atoms with van der Waals surface area (Å²) < 4.78 is 2.04. The molecule has 4 nitrogen and oxygen atoms in total. The molecule has 3 heterocycles. The van der Waals surface area contributed by atoms with Crippen molar-refractivity contribution in [3.05, 3.63) is 54.1 Å². The average Bonchev–Trinajstić information content (AvgIpc) is 2.85. The Hall–Kier alpha value is -2.93. The Kier molecular flexibility index (Phi) is 2.07. The van der Waals surface area contributed by atoms with Crippen molar-refractivity contribution in [2.75, 3.05) is 0 Å². The van der Waals surface area contributed by atoms with Gasteiger partial charge >= 0.3 is 0 Å². The van der Waals surface area contributed by atoms with Crippen LogP contribution in [0.25, 0.3) is 27.3 Å². The van der Waals surface area contributed by atoms with Crippen molar-refractivity contribution in [1.82, 2.24) is 14.4 Å². The van der Waals surface area contributed by atoms with Crippen molar-refractivity contribution in [3.63, 3.8) is 0 Å². The standard InChI is InChI=1S/C16H10N4/c1-10-19-13(9-17)16-12-6-4-8-18-15(12)11-5-2-3-7-14(11)20(10)16/h2-8H,1H3. The Morgan fingerprint density at radius 1 is 1.10 bits per heavy atom. The molecular weight excluding hydrogens is 248 g/mol. The van der Waals surface area contributed by atoms with E-state index in [0.717, 1.165) is 33.1 Å². The van der Waals surface area contributed by atoms with Gasteiger partial charge in [-0.25, -0.2) is 4.98 Å². The molecule has 1 aromatic carbocycles. The lowest BCUT2D eigenvalue weighted by Crippen LogP contribution is -1.94. The maximum atomic E-state index is 9.33. The van der Waals surface area contributed by atoms with Gasteiger partial charge in [-0.15, -0.1) is 0 Å². The first kappa shape index (κ1) is 10.9. The van der Waals surface area contributed by atoms with Gasteiger partial charge in [0.05, 0.1) is 16.6 Å². The fourth-order valence-corrected chi connectivity index (χ4v) is 2.83. The van der Waals surface area contributed by atoms with Crippen LogP contribution in [0.3, 0.4) is 0 Å². The molecular formula is C16H10N4. The Morgan fingerprint density at radius 2 is 1.90 bits per heavy atom. The highest BCUT2D eigenvalue weighted by molar-refractivity contribution is 6.11. The number of nitriles is 1. The summed E-state index contributed by atoms with van der Waals surface area (Å²) in [7, 11) is 0. The summed E-state index contributed by atoms with van der Waals surface area (Å²) in [6, 6.07) is 14.1. The molecule has 3 aromatic heterocycles. The van der Waals surface area contributed by atoms with Crippen molar-refractivity contribution in [2.45, 2.75) is 6.92 Å². The van der Waals surface area contributed by atoms with Gasteiger partial charge in [0.25, 0.3) is 0 Å². The number of hydrogen-bond acceptors (Lipinski definition) is 3. The maximum Gasteiger partial charge on any atom is 0.167 e. The van der Waals surface area contributed by atoms with E-state index in [9.17, 15) is 5.26 Å². The van der Waals surface area contributed by atoms with Crippen molar-refractivity contribution in [2.24, 2.45) is 0 Å². The molecule has 0 aliphatic heterocycles. The molecule has 0 saturated heterocycles. The SMILES string of the molecule is Cc1nc(C#N)c2c3cccnc3c3ccccc3n12. The smallest absolute Gasteiger partial charge is 0.167 e. The van der Waals surface area contributed by atoms with E-state index >= 15 is 0 Å². The third-order valence-electron chi connectivity index (χ3n) is 3.61. The Labute approximate surface area is 114 Å². The topological polar surface area (TPSA) is 54.0 Å². The van der Waals surface area contributed by atoms with Gasteiger partial charge in [0.2, 0.25) is 0 Å². The van der Waals surface area contributed by atoms with Gasteiger partial charge in [0, 0.05) is 17.0 Å². The molecule has 0 radical (unpaired) electrons. The maximum absolute atomic E-state index is 9.33. The second-order valence-electron chi connectivity index (χ2n) is 4.72. The molecule has 0 unspecified atom stereocenters. The molecule has 0 aliphatic carbocycles. The molecule has 0 spiro atoms. The normalized spacial score (nSPS) is 11.2. The molecule has 0 atom stereocenters. The van der Waals surface area contributed by atoms with Crippen LogP contribution in [0.1, 0.15) is 11.5 Å². The number of hydrogen-bond donors (Lipinski definition) is 0. The van der Waals surface area contributed by atoms with Crippen molar-refractivity contribution < 1.29 is 0 Å². The monoisotopic (exact) mass is 258 g/mol. The van der Waals surface area contributed by atoms with E-state index < -0.39 is 0 Å². The molecule has 0 saturated carbocycles. The zero-order valence-corrected chi connectivity index (χ0v) is 10.8. The summed E-state index contributed by atoms with van der Waals surface area (Å²) >= 11 is 0. The molecule has 4 rings (SSSR count). The average molecular weight is 258 g/mol. The Bertz CT molecular complexity index is 1020. The van der Waals surface area contributed by atoms with Gasteiger partial charge in [-0.2, -0.15) is 5.26 Å². The van der Waals surface area contributed by atoms with Crippen molar-refractivity contribution in [1.29, 1.82) is 5.26 Å². The largest absolute Gasteiger partial charge is 0.294 e. The molecule has 0 fully saturated rings. The number of para-hydroxylation sites is 1. The van der Waals surface area contributed by atoms with Crippen LogP contribution in [0.2, 0.25) is 0 Å². The van der Waals surface area contributed by atoms with Crippen LogP contribution in [-0.4, -0.2) is 14.4 Å².